The van der Waals surface area contributed by atoms with E-state index in [0.29, 0.717) is 0 Å². The number of nitrogens with one attached hydrogen (secondary N) is 1. The van der Waals surface area contributed by atoms with Gasteiger partial charge in [-0.15, -0.1) is 0 Å². The standard InChI is InChI=1S/C16H20N4O/c1-3-4-5-6-21-13-7-14-15(10-18-16(14)17-9-13)12-8-19-20(2)11-12/h7-11H,3-6H2,1-2H3,(H,17,18). The molecule has 0 aromatic carbocycles. The Hall–Kier alpha value is -2.30. The maximum absolute atomic E-state index is 5.78. The van der Waals surface area contributed by atoms with Crippen LogP contribution in [0, 0.1) is 0 Å². The molecule has 3 rings (SSSR count). The first-order chi connectivity index (χ1) is 10.3. The number of aromatic amines is 1. The number of hydrogen-bond acceptors (Lipinski definition) is 3. The minimum atomic E-state index is 0.744. The van der Waals surface area contributed by atoms with Gasteiger partial charge in [0.05, 0.1) is 19.0 Å². The van der Waals surface area contributed by atoms with Crippen LogP contribution >= 0.6 is 0 Å². The van der Waals surface area contributed by atoms with Crippen molar-refractivity contribution in [3.05, 3.63) is 30.9 Å². The van der Waals surface area contributed by atoms with Gasteiger partial charge in [-0.3, -0.25) is 4.68 Å². The molecule has 0 amide bonds. The lowest BCUT2D eigenvalue weighted by Gasteiger charge is -2.05. The molecule has 0 radical (unpaired) electrons. The molecule has 0 spiro atoms. The molecule has 21 heavy (non-hydrogen) atoms. The molecule has 0 aliphatic carbocycles. The Morgan fingerprint density at radius 1 is 1.29 bits per heavy atom. The number of pyridine rings is 1. The third kappa shape index (κ3) is 2.91. The lowest BCUT2D eigenvalue weighted by atomic mass is 10.1. The number of H-pyrrole nitrogens is 1. The van der Waals surface area contributed by atoms with Gasteiger partial charge in [-0.1, -0.05) is 19.8 Å². The zero-order valence-electron chi connectivity index (χ0n) is 12.5. The van der Waals surface area contributed by atoms with Crippen molar-refractivity contribution < 1.29 is 4.74 Å². The summed E-state index contributed by atoms with van der Waals surface area (Å²) in [6.07, 6.45) is 11.1. The summed E-state index contributed by atoms with van der Waals surface area (Å²) < 4.78 is 7.58. The van der Waals surface area contributed by atoms with Crippen molar-refractivity contribution in [1.29, 1.82) is 0 Å². The lowest BCUT2D eigenvalue weighted by Crippen LogP contribution is -1.97. The minimum absolute atomic E-state index is 0.744. The topological polar surface area (TPSA) is 55.7 Å². The van der Waals surface area contributed by atoms with Crippen molar-refractivity contribution in [2.75, 3.05) is 6.61 Å². The van der Waals surface area contributed by atoms with Crippen LogP contribution in [0.5, 0.6) is 5.75 Å². The van der Waals surface area contributed by atoms with Crippen LogP contribution in [0.2, 0.25) is 0 Å². The number of ether oxygens (including phenoxy) is 1. The molecule has 0 bridgehead atoms. The highest BCUT2D eigenvalue weighted by Crippen LogP contribution is 2.29. The lowest BCUT2D eigenvalue weighted by molar-refractivity contribution is 0.305. The number of unbranched alkanes of at least 4 members (excludes halogenated alkanes) is 2. The summed E-state index contributed by atoms with van der Waals surface area (Å²) in [4.78, 5) is 7.62. The Bertz CT molecular complexity index is 729. The first kappa shape index (κ1) is 13.7. The monoisotopic (exact) mass is 284 g/mol. The summed E-state index contributed by atoms with van der Waals surface area (Å²) >= 11 is 0. The Kier molecular flexibility index (Phi) is 3.90. The van der Waals surface area contributed by atoms with Crippen LogP contribution in [-0.4, -0.2) is 26.4 Å². The smallest absolute Gasteiger partial charge is 0.138 e. The molecule has 110 valence electrons. The average molecular weight is 284 g/mol. The summed E-state index contributed by atoms with van der Waals surface area (Å²) in [6.45, 7) is 2.93. The number of aromatic nitrogens is 4. The van der Waals surface area contributed by atoms with Gasteiger partial charge >= 0.3 is 0 Å². The molecule has 0 atom stereocenters. The fourth-order valence-corrected chi connectivity index (χ4v) is 2.40. The highest BCUT2D eigenvalue weighted by atomic mass is 16.5. The average Bonchev–Trinajstić information content (AvgIpc) is 3.09. The first-order valence-corrected chi connectivity index (χ1v) is 7.37. The van der Waals surface area contributed by atoms with Crippen LogP contribution in [0.3, 0.4) is 0 Å². The Morgan fingerprint density at radius 3 is 2.95 bits per heavy atom. The largest absolute Gasteiger partial charge is 0.492 e. The van der Waals surface area contributed by atoms with Crippen LogP contribution in [0.15, 0.2) is 30.9 Å². The number of aryl methyl sites for hydroxylation is 1. The van der Waals surface area contributed by atoms with Crippen LogP contribution in [-0.2, 0) is 7.05 Å². The molecule has 0 aliphatic rings. The molecule has 0 unspecified atom stereocenters. The third-order valence-electron chi connectivity index (χ3n) is 3.54. The van der Waals surface area contributed by atoms with Crippen molar-refractivity contribution in [2.45, 2.75) is 26.2 Å². The van der Waals surface area contributed by atoms with E-state index < -0.39 is 0 Å². The fraction of sp³-hybridized carbons (Fsp3) is 0.375. The van der Waals surface area contributed by atoms with E-state index in [0.717, 1.165) is 40.9 Å². The molecule has 3 aromatic heterocycles. The molecule has 1 N–H and O–H groups in total. The van der Waals surface area contributed by atoms with E-state index in [4.69, 9.17) is 4.74 Å². The van der Waals surface area contributed by atoms with Gasteiger partial charge in [-0.25, -0.2) is 4.98 Å². The van der Waals surface area contributed by atoms with E-state index >= 15 is 0 Å². The zero-order chi connectivity index (χ0) is 14.7. The Morgan fingerprint density at radius 2 is 2.19 bits per heavy atom. The summed E-state index contributed by atoms with van der Waals surface area (Å²) in [5, 5.41) is 5.29. The molecule has 0 fully saturated rings. The van der Waals surface area contributed by atoms with Gasteiger partial charge in [-0.2, -0.15) is 5.10 Å². The van der Waals surface area contributed by atoms with E-state index in [9.17, 15) is 0 Å². The maximum atomic E-state index is 5.78. The highest BCUT2D eigenvalue weighted by Gasteiger charge is 2.10. The van der Waals surface area contributed by atoms with E-state index in [1.807, 2.05) is 31.7 Å². The van der Waals surface area contributed by atoms with Gasteiger partial charge < -0.3 is 9.72 Å². The van der Waals surface area contributed by atoms with Crippen molar-refractivity contribution in [3.8, 4) is 16.9 Å². The molecular weight excluding hydrogens is 264 g/mol. The Labute approximate surface area is 124 Å². The number of nitrogens with zero attached hydrogens (tertiary/aromatic N) is 3. The van der Waals surface area contributed by atoms with E-state index in [-0.39, 0.29) is 0 Å². The van der Waals surface area contributed by atoms with Crippen molar-refractivity contribution >= 4 is 11.0 Å². The maximum Gasteiger partial charge on any atom is 0.138 e. The van der Waals surface area contributed by atoms with Crippen LogP contribution in [0.25, 0.3) is 22.2 Å². The molecule has 3 heterocycles. The third-order valence-corrected chi connectivity index (χ3v) is 3.54. The quantitative estimate of drug-likeness (QED) is 0.704. The SMILES string of the molecule is CCCCCOc1cnc2[nH]cc(-c3cnn(C)c3)c2c1. The van der Waals surface area contributed by atoms with E-state index in [1.165, 1.54) is 12.8 Å². The van der Waals surface area contributed by atoms with Crippen molar-refractivity contribution in [3.63, 3.8) is 0 Å². The zero-order valence-corrected chi connectivity index (χ0v) is 12.5. The second-order valence-electron chi connectivity index (χ2n) is 5.23. The first-order valence-electron chi connectivity index (χ1n) is 7.37. The number of fused-ring (bicyclic) bond motifs is 1. The highest BCUT2D eigenvalue weighted by molar-refractivity contribution is 5.93. The second kappa shape index (κ2) is 5.99. The minimum Gasteiger partial charge on any atom is -0.492 e. The molecular formula is C16H20N4O. The summed E-state index contributed by atoms with van der Waals surface area (Å²) in [6, 6.07) is 2.05. The molecule has 0 aliphatic heterocycles. The van der Waals surface area contributed by atoms with E-state index in [1.54, 1.807) is 10.9 Å². The van der Waals surface area contributed by atoms with Crippen LogP contribution in [0.4, 0.5) is 0 Å². The van der Waals surface area contributed by atoms with Crippen molar-refractivity contribution in [1.82, 2.24) is 19.7 Å². The van der Waals surface area contributed by atoms with Gasteiger partial charge in [0.25, 0.3) is 0 Å². The normalized spacial score (nSPS) is 11.1. The summed E-state index contributed by atoms with van der Waals surface area (Å²) in [5.41, 5.74) is 3.05. The number of hydrogen-bond donors (Lipinski definition) is 1. The molecule has 3 aromatic rings. The second-order valence-corrected chi connectivity index (χ2v) is 5.23. The predicted molar refractivity (Wildman–Crippen MR) is 83.3 cm³/mol. The summed E-state index contributed by atoms with van der Waals surface area (Å²) in [7, 11) is 1.92. The van der Waals surface area contributed by atoms with Gasteiger partial charge in [0, 0.05) is 36.0 Å². The van der Waals surface area contributed by atoms with E-state index in [2.05, 4.69) is 22.0 Å². The van der Waals surface area contributed by atoms with Crippen molar-refractivity contribution in [2.24, 2.45) is 7.05 Å². The number of rotatable bonds is 6. The summed E-state index contributed by atoms with van der Waals surface area (Å²) in [5.74, 6) is 0.823. The predicted octanol–water partition coefficient (Wildman–Crippen LogP) is 3.53. The van der Waals surface area contributed by atoms with Crippen LogP contribution < -0.4 is 4.74 Å². The van der Waals surface area contributed by atoms with Gasteiger partial charge in [0.15, 0.2) is 0 Å². The van der Waals surface area contributed by atoms with Gasteiger partial charge in [-0.05, 0) is 12.5 Å². The molecule has 0 saturated carbocycles. The Balaban J connectivity index is 1.85. The van der Waals surface area contributed by atoms with Crippen LogP contribution in [0.1, 0.15) is 26.2 Å². The van der Waals surface area contributed by atoms with Gasteiger partial charge in [0.1, 0.15) is 11.4 Å². The molecule has 5 heteroatoms. The molecule has 5 nitrogen and oxygen atoms in total. The fourth-order valence-electron chi connectivity index (χ4n) is 2.40. The molecule has 0 saturated heterocycles. The van der Waals surface area contributed by atoms with Gasteiger partial charge in [0.2, 0.25) is 0 Å².